The summed E-state index contributed by atoms with van der Waals surface area (Å²) in [6, 6.07) is 77.2. The normalized spacial score (nSPS) is 15.0. The van der Waals surface area contributed by atoms with Gasteiger partial charge in [-0.3, -0.25) is 0 Å². The van der Waals surface area contributed by atoms with Crippen LogP contribution in [0.4, 0.5) is 34.1 Å². The summed E-state index contributed by atoms with van der Waals surface area (Å²) in [6.07, 6.45) is 0. The first-order valence-electron chi connectivity index (χ1n) is 44.9. The number of para-hydroxylation sites is 8. The number of aryl methyl sites for hydroxylation is 1. The van der Waals surface area contributed by atoms with Crippen LogP contribution in [-0.2, 0) is 5.41 Å². The zero-order chi connectivity index (χ0) is 87.5. The average Bonchev–Trinajstić information content (AvgIpc) is 1.53. The summed E-state index contributed by atoms with van der Waals surface area (Å²) < 4.78 is 174. The van der Waals surface area contributed by atoms with Gasteiger partial charge in [0.15, 0.2) is 0 Å². The molecule has 0 saturated carbocycles. The Balaban J connectivity index is 0.971. The van der Waals surface area contributed by atoms with Gasteiger partial charge in [0.1, 0.15) is 22.3 Å². The zero-order valence-corrected chi connectivity index (χ0v) is 59.8. The molecule has 0 spiro atoms. The minimum atomic E-state index is -2.81. The standard InChI is InChI=1S/C102H67BN6O2/c1-61-51-79(66-43-47-78-76-31-14-21-40-96(76)111-98(78)56-66)101(94(52-61)107-85-35-17-10-27-72(85)73-28-11-18-36-86(73)107)108-89-50-44-64(63-23-6-5-7-24-63)54-82(89)103-81-48-45-67(102(2,3)4)57-91(81)109(93-59-68(58-92(108)99(93)103)105-83-33-15-8-25-70(83)71-26-9-16-34-84(71)105)100-69(65-42-46-77-75-30-13-20-39-95(75)110-97(77)55-65)32-22-38-90(100)106-87-37-19-12-29-74(87)80-53-62(60-104)41-49-88(80)106/h5-59H,1-4H3/i1D3,5D,6D,7D,8D,9D,15D,16D,23D,24D,25D,26D,33D,34D. The number of hydrogen-bond acceptors (Lipinski definition) is 5. The number of rotatable bonds is 8. The number of nitrogens with zero attached hydrogens (tertiary/aromatic N) is 6. The lowest BCUT2D eigenvalue weighted by Crippen LogP contribution is -2.61. The molecule has 520 valence electrons. The molecule has 5 aromatic heterocycles. The summed E-state index contributed by atoms with van der Waals surface area (Å²) in [6.45, 7) is 2.60. The van der Waals surface area contributed by atoms with Crippen LogP contribution in [0, 0.1) is 18.2 Å². The fraction of sp³-hybridized carbons (Fsp3) is 0.0490. The molecule has 16 aromatic carbocycles. The third-order valence-corrected chi connectivity index (χ3v) is 22.8. The van der Waals surface area contributed by atoms with Gasteiger partial charge >= 0.3 is 0 Å². The van der Waals surface area contributed by atoms with Crippen molar-refractivity contribution in [1.29, 1.82) is 5.26 Å². The van der Waals surface area contributed by atoms with Crippen LogP contribution in [0.15, 0.2) is 342 Å². The predicted octanol–water partition coefficient (Wildman–Crippen LogP) is 25.3. The highest BCUT2D eigenvalue weighted by Gasteiger charge is 2.47. The highest BCUT2D eigenvalue weighted by atomic mass is 16.3. The van der Waals surface area contributed by atoms with Crippen LogP contribution in [-0.4, -0.2) is 20.4 Å². The third kappa shape index (κ3) is 9.23. The average molecular weight is 1440 g/mol. The molecule has 0 aliphatic carbocycles. The topological polar surface area (TPSA) is 71.3 Å². The van der Waals surface area contributed by atoms with Gasteiger partial charge in [-0.25, -0.2) is 0 Å². The number of aromatic nitrogens is 3. The van der Waals surface area contributed by atoms with Gasteiger partial charge in [0.2, 0.25) is 0 Å². The molecule has 8 nitrogen and oxygen atoms in total. The van der Waals surface area contributed by atoms with Crippen LogP contribution in [0.1, 0.15) is 59.4 Å². The predicted molar refractivity (Wildman–Crippen MR) is 462 cm³/mol. The van der Waals surface area contributed by atoms with E-state index in [0.717, 1.165) is 59.7 Å². The van der Waals surface area contributed by atoms with Gasteiger partial charge in [-0.05, 0) is 189 Å². The summed E-state index contributed by atoms with van der Waals surface area (Å²) in [4.78, 5) is 4.30. The molecule has 23 rings (SSSR count). The van der Waals surface area contributed by atoms with E-state index in [0.29, 0.717) is 123 Å². The second-order valence-corrected chi connectivity index (χ2v) is 29.8. The van der Waals surface area contributed by atoms with Gasteiger partial charge in [0.25, 0.3) is 6.71 Å². The quantitative estimate of drug-likeness (QED) is 0.142. The third-order valence-electron chi connectivity index (χ3n) is 22.8. The molecule has 0 fully saturated rings. The van der Waals surface area contributed by atoms with Gasteiger partial charge in [-0.15, -0.1) is 0 Å². The fourth-order valence-electron chi connectivity index (χ4n) is 18.0. The van der Waals surface area contributed by atoms with E-state index in [4.69, 9.17) is 10.2 Å². The number of furan rings is 2. The first-order chi connectivity index (χ1) is 61.2. The van der Waals surface area contributed by atoms with E-state index in [2.05, 4.69) is 88.2 Å². The van der Waals surface area contributed by atoms with Crippen molar-refractivity contribution in [2.75, 3.05) is 9.80 Å². The van der Waals surface area contributed by atoms with Crippen molar-refractivity contribution in [1.82, 2.24) is 13.7 Å². The molecule has 0 unspecified atom stereocenters. The largest absolute Gasteiger partial charge is 0.456 e. The molecule has 111 heavy (non-hydrogen) atoms. The minimum Gasteiger partial charge on any atom is -0.456 e. The maximum Gasteiger partial charge on any atom is 0.252 e. The molecule has 2 aliphatic heterocycles. The van der Waals surface area contributed by atoms with E-state index < -0.39 is 97.5 Å². The SMILES string of the molecule is [2H]c1c([2H])c([2H])c(-c2ccc3c(c2)B2c4ccc(C(C)(C)C)cc4N(c4c(-c5ccc6c(c5)oc5ccccc56)cccc4-n4c5ccccc5c5cc(C#N)ccc54)c4cc(-n5c6c([2H])c([2H])c([2H])c([2H])c6c6c([2H])c([2H])c([2H])c([2H])c65)cc(c42)N3c2c(-c3ccc4c(c3)oc3ccccc34)cc(C([2H])([2H])[2H])cc2-n2c3ccccc3c3ccccc32)c([2H])c1[2H]. The molecule has 2 aliphatic rings. The lowest BCUT2D eigenvalue weighted by atomic mass is 9.33. The summed E-state index contributed by atoms with van der Waals surface area (Å²) >= 11 is 0. The lowest BCUT2D eigenvalue weighted by Gasteiger charge is -2.46. The Bertz CT molecular complexity index is 8460. The summed E-state index contributed by atoms with van der Waals surface area (Å²) in [5, 5.41) is 17.1. The van der Waals surface area contributed by atoms with Crippen molar-refractivity contribution in [3.8, 4) is 56.5 Å². The van der Waals surface area contributed by atoms with Crippen LogP contribution >= 0.6 is 0 Å². The number of benzene rings is 16. The summed E-state index contributed by atoms with van der Waals surface area (Å²) in [5.41, 5.74) is 13.7. The van der Waals surface area contributed by atoms with Gasteiger partial charge in [0.05, 0.1) is 91.0 Å². The van der Waals surface area contributed by atoms with Crippen LogP contribution in [0.5, 0.6) is 0 Å². The number of fused-ring (bicyclic) bond motifs is 19. The number of anilines is 6. The highest BCUT2D eigenvalue weighted by molar-refractivity contribution is 7.00. The van der Waals surface area contributed by atoms with E-state index in [1.54, 1.807) is 24.3 Å². The molecule has 21 aromatic rings. The zero-order valence-electron chi connectivity index (χ0n) is 75.8. The Kier molecular flexibility index (Phi) is 10.4. The van der Waals surface area contributed by atoms with Crippen molar-refractivity contribution >= 4 is 167 Å². The second kappa shape index (κ2) is 23.6. The number of hydrogen-bond donors (Lipinski definition) is 0. The van der Waals surface area contributed by atoms with Crippen molar-refractivity contribution in [3.05, 3.63) is 350 Å². The Labute approximate surface area is 662 Å². The molecule has 0 radical (unpaired) electrons. The van der Waals surface area contributed by atoms with Crippen molar-refractivity contribution < 1.29 is 30.8 Å². The van der Waals surface area contributed by atoms with Gasteiger partial charge in [-0.1, -0.05) is 227 Å². The first kappa shape index (κ1) is 48.8. The smallest absolute Gasteiger partial charge is 0.252 e. The minimum absolute atomic E-state index is 0.0441. The second-order valence-electron chi connectivity index (χ2n) is 29.8. The van der Waals surface area contributed by atoms with E-state index in [1.165, 1.54) is 4.57 Å². The van der Waals surface area contributed by atoms with Gasteiger partial charge < -0.3 is 32.3 Å². The van der Waals surface area contributed by atoms with E-state index in [9.17, 15) is 25.8 Å². The van der Waals surface area contributed by atoms with Gasteiger partial charge in [0, 0.05) is 91.9 Å². The Morgan fingerprint density at radius 1 is 0.351 bits per heavy atom. The maximum absolute atomic E-state index is 10.7. The van der Waals surface area contributed by atoms with E-state index in [1.807, 2.05) is 188 Å². The first-order valence-corrected chi connectivity index (χ1v) is 36.9. The van der Waals surface area contributed by atoms with Crippen LogP contribution in [0.3, 0.4) is 0 Å². The van der Waals surface area contributed by atoms with Crippen LogP contribution < -0.4 is 26.2 Å². The molecule has 0 atom stereocenters. The fourth-order valence-corrected chi connectivity index (χ4v) is 18.0. The summed E-state index contributed by atoms with van der Waals surface area (Å²) in [5.74, 6) is 0. The van der Waals surface area contributed by atoms with E-state index in [-0.39, 0.29) is 44.2 Å². The highest BCUT2D eigenvalue weighted by Crippen LogP contribution is 2.55. The van der Waals surface area contributed by atoms with Crippen LogP contribution in [0.2, 0.25) is 0 Å². The lowest BCUT2D eigenvalue weighted by molar-refractivity contribution is 0.590. The molecule has 0 amide bonds. The van der Waals surface area contributed by atoms with Crippen molar-refractivity contribution in [2.45, 2.75) is 33.0 Å². The monoisotopic (exact) mass is 1430 g/mol. The van der Waals surface area contributed by atoms with Gasteiger partial charge in [-0.2, -0.15) is 5.26 Å². The van der Waals surface area contributed by atoms with E-state index >= 15 is 0 Å². The molecule has 9 heteroatoms. The van der Waals surface area contributed by atoms with Crippen molar-refractivity contribution in [2.24, 2.45) is 0 Å². The molecular weight excluding hydrogens is 1350 g/mol. The van der Waals surface area contributed by atoms with Crippen LogP contribution in [0.25, 0.3) is 160 Å². The molecule has 0 saturated heterocycles. The molecule has 0 bridgehead atoms. The van der Waals surface area contributed by atoms with Crippen molar-refractivity contribution in [3.63, 3.8) is 0 Å². The summed E-state index contributed by atoms with van der Waals surface area (Å²) in [7, 11) is 0. The number of nitriles is 1. The Morgan fingerprint density at radius 2 is 0.892 bits per heavy atom. The molecular formula is C102H67BN6O2. The Hall–Kier alpha value is -14.3. The molecule has 0 N–H and O–H groups in total. The Morgan fingerprint density at radius 3 is 1.52 bits per heavy atom. The maximum atomic E-state index is 10.7. The molecule has 7 heterocycles.